The van der Waals surface area contributed by atoms with Crippen LogP contribution in [0.3, 0.4) is 0 Å². The van der Waals surface area contributed by atoms with Gasteiger partial charge in [-0.05, 0) is 30.7 Å². The van der Waals surface area contributed by atoms with Crippen LogP contribution in [0.2, 0.25) is 0 Å². The maximum atomic E-state index is 12.7. The molecule has 2 aliphatic heterocycles. The Bertz CT molecular complexity index is 594. The Hall–Kier alpha value is -2.24. The van der Waals surface area contributed by atoms with E-state index in [-0.39, 0.29) is 17.7 Å². The smallest absolute Gasteiger partial charge is 0.226 e. The third-order valence-corrected chi connectivity index (χ3v) is 5.04. The summed E-state index contributed by atoms with van der Waals surface area (Å²) in [5, 5.41) is 0. The molecule has 0 spiro atoms. The molecule has 1 aromatic carbocycles. The van der Waals surface area contributed by atoms with E-state index in [1.54, 1.807) is 19.1 Å². The van der Waals surface area contributed by atoms with E-state index in [2.05, 4.69) is 4.90 Å². The summed E-state index contributed by atoms with van der Waals surface area (Å²) in [6, 6.07) is 8.01. The summed E-state index contributed by atoms with van der Waals surface area (Å²) in [5.41, 5.74) is 1.15. The predicted molar refractivity (Wildman–Crippen MR) is 92.1 cm³/mol. The highest BCUT2D eigenvalue weighted by Crippen LogP contribution is 2.23. The number of rotatable bonds is 3. The van der Waals surface area contributed by atoms with Gasteiger partial charge in [-0.15, -0.1) is 0 Å². The molecule has 24 heavy (non-hydrogen) atoms. The Morgan fingerprint density at radius 3 is 2.33 bits per heavy atom. The molecule has 2 saturated heterocycles. The van der Waals surface area contributed by atoms with Crippen LogP contribution in [0.5, 0.6) is 5.75 Å². The van der Waals surface area contributed by atoms with Crippen LogP contribution in [0.15, 0.2) is 24.3 Å². The zero-order chi connectivity index (χ0) is 17.1. The molecule has 0 aliphatic carbocycles. The second kappa shape index (κ2) is 7.11. The molecule has 0 saturated carbocycles. The van der Waals surface area contributed by atoms with Gasteiger partial charge in [-0.3, -0.25) is 9.59 Å². The van der Waals surface area contributed by atoms with Crippen molar-refractivity contribution in [2.24, 2.45) is 5.92 Å². The third kappa shape index (κ3) is 3.47. The lowest BCUT2D eigenvalue weighted by Gasteiger charge is -2.38. The van der Waals surface area contributed by atoms with Crippen molar-refractivity contribution < 1.29 is 14.3 Å². The van der Waals surface area contributed by atoms with Gasteiger partial charge in [0.15, 0.2) is 0 Å². The van der Waals surface area contributed by atoms with Crippen LogP contribution < -0.4 is 9.64 Å². The molecule has 0 N–H and O–H groups in total. The SMILES string of the molecule is COc1ccc(N2CCN(C(=O)[C@H]3CCN(C)C(=O)C3)CC2)cc1. The lowest BCUT2D eigenvalue weighted by molar-refractivity contribution is -0.144. The number of piperazine rings is 1. The maximum absolute atomic E-state index is 12.7. The number of carbonyl (C=O) groups excluding carboxylic acids is 2. The number of likely N-dealkylation sites (tertiary alicyclic amines) is 1. The molecular formula is C18H25N3O3. The highest BCUT2D eigenvalue weighted by molar-refractivity contribution is 5.87. The number of amides is 2. The quantitative estimate of drug-likeness (QED) is 0.835. The number of carbonyl (C=O) groups is 2. The summed E-state index contributed by atoms with van der Waals surface area (Å²) in [7, 11) is 3.46. The lowest BCUT2D eigenvalue weighted by atomic mass is 9.94. The lowest BCUT2D eigenvalue weighted by Crippen LogP contribution is -2.52. The van der Waals surface area contributed by atoms with E-state index >= 15 is 0 Å². The van der Waals surface area contributed by atoms with Gasteiger partial charge < -0.3 is 19.4 Å². The van der Waals surface area contributed by atoms with Gasteiger partial charge in [-0.1, -0.05) is 0 Å². The molecule has 6 heteroatoms. The number of piperidine rings is 1. The van der Waals surface area contributed by atoms with Crippen LogP contribution >= 0.6 is 0 Å². The second-order valence-electron chi connectivity index (χ2n) is 6.52. The van der Waals surface area contributed by atoms with Gasteiger partial charge in [0.25, 0.3) is 0 Å². The van der Waals surface area contributed by atoms with Gasteiger partial charge >= 0.3 is 0 Å². The number of methoxy groups -OCH3 is 1. The minimum atomic E-state index is -0.138. The number of anilines is 1. The number of ether oxygens (including phenoxy) is 1. The van der Waals surface area contributed by atoms with Gasteiger partial charge in [0.05, 0.1) is 7.11 Å². The van der Waals surface area contributed by atoms with Crippen molar-refractivity contribution in [1.29, 1.82) is 0 Å². The fraction of sp³-hybridized carbons (Fsp3) is 0.556. The molecule has 2 fully saturated rings. The van der Waals surface area contributed by atoms with E-state index in [9.17, 15) is 9.59 Å². The maximum Gasteiger partial charge on any atom is 0.226 e. The zero-order valence-corrected chi connectivity index (χ0v) is 14.4. The average molecular weight is 331 g/mol. The standard InChI is InChI=1S/C18H25N3O3/c1-19-8-7-14(13-17(19)22)18(23)21-11-9-20(10-12-21)15-3-5-16(24-2)6-4-15/h3-6,14H,7-13H2,1-2H3/t14-/m0/s1. The molecule has 0 unspecified atom stereocenters. The second-order valence-corrected chi connectivity index (χ2v) is 6.52. The first-order valence-corrected chi connectivity index (χ1v) is 8.50. The molecule has 2 amide bonds. The number of hydrogen-bond donors (Lipinski definition) is 0. The van der Waals surface area contributed by atoms with E-state index in [1.807, 2.05) is 29.2 Å². The van der Waals surface area contributed by atoms with E-state index < -0.39 is 0 Å². The Kier molecular flexibility index (Phi) is 4.92. The van der Waals surface area contributed by atoms with E-state index in [0.29, 0.717) is 26.1 Å². The van der Waals surface area contributed by atoms with Crippen LogP contribution in [0.25, 0.3) is 0 Å². The van der Waals surface area contributed by atoms with Crippen molar-refractivity contribution in [1.82, 2.24) is 9.80 Å². The Balaban J connectivity index is 1.54. The number of benzene rings is 1. The molecule has 0 aromatic heterocycles. The highest BCUT2D eigenvalue weighted by Gasteiger charge is 2.32. The first kappa shape index (κ1) is 16.6. The monoisotopic (exact) mass is 331 g/mol. The molecule has 0 radical (unpaired) electrons. The normalized spacial score (nSPS) is 21.8. The van der Waals surface area contributed by atoms with Crippen LogP contribution in [0.1, 0.15) is 12.8 Å². The summed E-state index contributed by atoms with van der Waals surface area (Å²) < 4.78 is 5.19. The topological polar surface area (TPSA) is 53.1 Å². The number of nitrogens with zero attached hydrogens (tertiary/aromatic N) is 3. The predicted octanol–water partition coefficient (Wildman–Crippen LogP) is 1.21. The summed E-state index contributed by atoms with van der Waals surface area (Å²) >= 11 is 0. The van der Waals surface area contributed by atoms with Gasteiger partial charge in [0, 0.05) is 57.8 Å². The number of hydrogen-bond acceptors (Lipinski definition) is 4. The van der Waals surface area contributed by atoms with Gasteiger partial charge in [-0.2, -0.15) is 0 Å². The fourth-order valence-electron chi connectivity index (χ4n) is 3.39. The van der Waals surface area contributed by atoms with Crippen molar-refractivity contribution in [2.75, 3.05) is 51.8 Å². The van der Waals surface area contributed by atoms with Crippen LogP contribution in [0.4, 0.5) is 5.69 Å². The third-order valence-electron chi connectivity index (χ3n) is 5.04. The van der Waals surface area contributed by atoms with E-state index in [0.717, 1.165) is 30.9 Å². The Morgan fingerprint density at radius 1 is 1.08 bits per heavy atom. The summed E-state index contributed by atoms with van der Waals surface area (Å²) in [6.07, 6.45) is 1.13. The van der Waals surface area contributed by atoms with E-state index in [4.69, 9.17) is 4.74 Å². The van der Waals surface area contributed by atoms with Crippen molar-refractivity contribution in [3.63, 3.8) is 0 Å². The Labute approximate surface area is 143 Å². The van der Waals surface area contributed by atoms with Crippen LogP contribution in [0, 0.1) is 5.92 Å². The molecular weight excluding hydrogens is 306 g/mol. The minimum Gasteiger partial charge on any atom is -0.497 e. The molecule has 1 atom stereocenters. The summed E-state index contributed by atoms with van der Waals surface area (Å²) in [4.78, 5) is 30.4. The van der Waals surface area contributed by atoms with Crippen LogP contribution in [-0.2, 0) is 9.59 Å². The highest BCUT2D eigenvalue weighted by atomic mass is 16.5. The molecule has 6 nitrogen and oxygen atoms in total. The zero-order valence-electron chi connectivity index (χ0n) is 14.4. The molecule has 1 aromatic rings. The largest absolute Gasteiger partial charge is 0.497 e. The average Bonchev–Trinajstić information content (AvgIpc) is 2.63. The van der Waals surface area contributed by atoms with Gasteiger partial charge in [0.1, 0.15) is 5.75 Å². The molecule has 130 valence electrons. The van der Waals surface area contributed by atoms with Crippen molar-refractivity contribution >= 4 is 17.5 Å². The van der Waals surface area contributed by atoms with Crippen molar-refractivity contribution in [3.8, 4) is 5.75 Å². The van der Waals surface area contributed by atoms with Gasteiger partial charge in [-0.25, -0.2) is 0 Å². The van der Waals surface area contributed by atoms with Crippen molar-refractivity contribution in [2.45, 2.75) is 12.8 Å². The van der Waals surface area contributed by atoms with Crippen molar-refractivity contribution in [3.05, 3.63) is 24.3 Å². The molecule has 3 rings (SSSR count). The Morgan fingerprint density at radius 2 is 1.75 bits per heavy atom. The van der Waals surface area contributed by atoms with Crippen LogP contribution in [-0.4, -0.2) is 68.5 Å². The van der Waals surface area contributed by atoms with E-state index in [1.165, 1.54) is 0 Å². The molecule has 2 heterocycles. The summed E-state index contributed by atoms with van der Waals surface area (Å²) in [5.74, 6) is 0.933. The summed E-state index contributed by atoms with van der Waals surface area (Å²) in [6.45, 7) is 3.75. The molecule has 0 bridgehead atoms. The fourth-order valence-corrected chi connectivity index (χ4v) is 3.39. The first-order chi connectivity index (χ1) is 11.6. The molecule has 2 aliphatic rings. The first-order valence-electron chi connectivity index (χ1n) is 8.50. The minimum absolute atomic E-state index is 0.0801. The van der Waals surface area contributed by atoms with Gasteiger partial charge in [0.2, 0.25) is 11.8 Å².